The number of ether oxygens (including phenoxy) is 5. The Labute approximate surface area is 187 Å². The monoisotopic (exact) mass is 488 g/mol. The Balaban J connectivity index is 1.75. The van der Waals surface area contributed by atoms with Gasteiger partial charge in [-0.15, -0.1) is 0 Å². The highest BCUT2D eigenvalue weighted by Crippen LogP contribution is 2.32. The Kier molecular flexibility index (Phi) is 8.99. The quantitative estimate of drug-likeness (QED) is 0.167. The van der Waals surface area contributed by atoms with Gasteiger partial charge in [-0.05, 0) is 6.92 Å². The number of hydrogen-bond acceptors (Lipinski definition) is 15. The van der Waals surface area contributed by atoms with Gasteiger partial charge in [-0.2, -0.15) is 0 Å². The fourth-order valence-electron chi connectivity index (χ4n) is 3.99. The minimum Gasteiger partial charge on any atom is -0.394 e. The smallest absolute Gasteiger partial charge is 0.187 e. The molecule has 15 nitrogen and oxygen atoms in total. The SMILES string of the molecule is C[C@@H]1OC(O[C@H]2C(O)O[C@H](CO)[C@@H](OC3O[C@H](CO)[C@@H](O)[C@H](O)[C@H]3O)[C@@H]2O)[C@H](O)[C@H](O)[C@H]1O. The van der Waals surface area contributed by atoms with Gasteiger partial charge in [-0.3, -0.25) is 0 Å². The van der Waals surface area contributed by atoms with Crippen LogP contribution in [-0.4, -0.2) is 156 Å². The normalized spacial score (nSPS) is 53.7. The minimum absolute atomic E-state index is 0.730. The van der Waals surface area contributed by atoms with Crippen molar-refractivity contribution in [3.8, 4) is 0 Å². The lowest BCUT2D eigenvalue weighted by atomic mass is 9.96. The zero-order valence-corrected chi connectivity index (χ0v) is 17.6. The van der Waals surface area contributed by atoms with Gasteiger partial charge in [0.2, 0.25) is 0 Å². The summed E-state index contributed by atoms with van der Waals surface area (Å²) in [5, 5.41) is 99.8. The molecule has 0 spiro atoms. The predicted molar refractivity (Wildman–Crippen MR) is 99.8 cm³/mol. The summed E-state index contributed by atoms with van der Waals surface area (Å²) in [6.45, 7) is -0.105. The Morgan fingerprint density at radius 2 is 1.06 bits per heavy atom. The summed E-state index contributed by atoms with van der Waals surface area (Å²) in [6, 6.07) is 0. The molecular weight excluding hydrogens is 456 g/mol. The Morgan fingerprint density at radius 3 is 1.64 bits per heavy atom. The molecule has 3 rings (SSSR count). The molecule has 3 heterocycles. The predicted octanol–water partition coefficient (Wildman–Crippen LogP) is -6.55. The third-order valence-electron chi connectivity index (χ3n) is 6.05. The van der Waals surface area contributed by atoms with Crippen LogP contribution in [0.15, 0.2) is 0 Å². The molecule has 194 valence electrons. The third kappa shape index (κ3) is 5.32. The van der Waals surface area contributed by atoms with E-state index in [-0.39, 0.29) is 0 Å². The molecular formula is C18H32O15. The maximum absolute atomic E-state index is 10.8. The van der Waals surface area contributed by atoms with Gasteiger partial charge >= 0.3 is 0 Å². The van der Waals surface area contributed by atoms with E-state index in [9.17, 15) is 51.1 Å². The number of aliphatic hydroxyl groups excluding tert-OH is 10. The fourth-order valence-corrected chi connectivity index (χ4v) is 3.99. The van der Waals surface area contributed by atoms with Crippen LogP contribution in [0.2, 0.25) is 0 Å². The van der Waals surface area contributed by atoms with Crippen molar-refractivity contribution in [2.24, 2.45) is 0 Å². The van der Waals surface area contributed by atoms with Crippen LogP contribution < -0.4 is 0 Å². The van der Waals surface area contributed by atoms with Crippen molar-refractivity contribution >= 4 is 0 Å². The molecule has 3 unspecified atom stereocenters. The Morgan fingerprint density at radius 1 is 0.545 bits per heavy atom. The molecule has 10 N–H and O–H groups in total. The van der Waals surface area contributed by atoms with Crippen molar-refractivity contribution in [3.63, 3.8) is 0 Å². The number of aliphatic hydroxyl groups is 10. The molecule has 15 heteroatoms. The summed E-state index contributed by atoms with van der Waals surface area (Å²) < 4.78 is 26.6. The van der Waals surface area contributed by atoms with Gasteiger partial charge in [0.15, 0.2) is 18.9 Å². The van der Waals surface area contributed by atoms with Crippen LogP contribution in [0.5, 0.6) is 0 Å². The first-order valence-electron chi connectivity index (χ1n) is 10.4. The largest absolute Gasteiger partial charge is 0.394 e. The summed E-state index contributed by atoms with van der Waals surface area (Å²) in [5.74, 6) is 0. The molecule has 33 heavy (non-hydrogen) atoms. The van der Waals surface area contributed by atoms with Crippen LogP contribution in [-0.2, 0) is 23.7 Å². The molecule has 3 aliphatic rings. The second-order valence-electron chi connectivity index (χ2n) is 8.32. The van der Waals surface area contributed by atoms with Gasteiger partial charge in [0.1, 0.15) is 67.1 Å². The van der Waals surface area contributed by atoms with Crippen molar-refractivity contribution in [1.82, 2.24) is 0 Å². The summed E-state index contributed by atoms with van der Waals surface area (Å²) in [4.78, 5) is 0. The molecule has 0 aromatic rings. The highest BCUT2D eigenvalue weighted by molar-refractivity contribution is 4.95. The van der Waals surface area contributed by atoms with Crippen molar-refractivity contribution in [1.29, 1.82) is 0 Å². The van der Waals surface area contributed by atoms with E-state index < -0.39 is 105 Å². The van der Waals surface area contributed by atoms with Gasteiger partial charge in [-0.25, -0.2) is 0 Å². The van der Waals surface area contributed by atoms with E-state index >= 15 is 0 Å². The van der Waals surface area contributed by atoms with Crippen LogP contribution >= 0.6 is 0 Å². The van der Waals surface area contributed by atoms with E-state index in [0.29, 0.717) is 0 Å². The molecule has 0 bridgehead atoms. The molecule has 0 aromatic carbocycles. The van der Waals surface area contributed by atoms with Crippen LogP contribution in [0.25, 0.3) is 0 Å². The van der Waals surface area contributed by atoms with E-state index in [2.05, 4.69) is 0 Å². The maximum atomic E-state index is 10.8. The molecule has 3 fully saturated rings. The highest BCUT2D eigenvalue weighted by atomic mass is 16.8. The van der Waals surface area contributed by atoms with E-state index in [1.807, 2.05) is 0 Å². The average molecular weight is 488 g/mol. The molecule has 0 aromatic heterocycles. The van der Waals surface area contributed by atoms with E-state index in [1.165, 1.54) is 6.92 Å². The van der Waals surface area contributed by atoms with Crippen molar-refractivity contribution in [3.05, 3.63) is 0 Å². The highest BCUT2D eigenvalue weighted by Gasteiger charge is 2.53. The fraction of sp³-hybridized carbons (Fsp3) is 1.00. The summed E-state index contributed by atoms with van der Waals surface area (Å²) in [5.41, 5.74) is 0. The number of hydrogen-bond donors (Lipinski definition) is 10. The lowest BCUT2D eigenvalue weighted by Crippen LogP contribution is -2.66. The van der Waals surface area contributed by atoms with Gasteiger partial charge in [0, 0.05) is 0 Å². The van der Waals surface area contributed by atoms with Crippen molar-refractivity contribution in [2.75, 3.05) is 13.2 Å². The zero-order valence-electron chi connectivity index (χ0n) is 17.6. The lowest BCUT2D eigenvalue weighted by Gasteiger charge is -2.47. The minimum atomic E-state index is -1.86. The summed E-state index contributed by atoms with van der Waals surface area (Å²) in [7, 11) is 0. The van der Waals surface area contributed by atoms with E-state index in [4.69, 9.17) is 23.7 Å². The van der Waals surface area contributed by atoms with Gasteiger partial charge in [0.05, 0.1) is 19.3 Å². The molecule has 0 radical (unpaired) electrons. The first-order chi connectivity index (χ1) is 15.5. The number of rotatable bonds is 6. The standard InChI is InChI=1S/C18H32O15/c1-4-7(21)9(23)11(25)17(29-4)33-15-13(27)14(6(3-20)30-16(15)28)32-18-12(26)10(24)8(22)5(2-19)31-18/h4-28H,2-3H2,1H3/t4-,5+,6+,7-,8+,9+,10-,11+,12+,13-,14+,15+,16?,17?,18?/m0/s1. The Bertz CT molecular complexity index is 624. The molecule has 0 aliphatic carbocycles. The molecule has 15 atom stereocenters. The second-order valence-corrected chi connectivity index (χ2v) is 8.32. The summed E-state index contributed by atoms with van der Waals surface area (Å²) >= 11 is 0. The second kappa shape index (κ2) is 11.0. The molecule has 3 saturated heterocycles. The van der Waals surface area contributed by atoms with E-state index in [1.54, 1.807) is 0 Å². The first-order valence-corrected chi connectivity index (χ1v) is 10.4. The van der Waals surface area contributed by atoms with E-state index in [0.717, 1.165) is 0 Å². The molecule has 0 amide bonds. The van der Waals surface area contributed by atoms with Gasteiger partial charge in [-0.1, -0.05) is 0 Å². The van der Waals surface area contributed by atoms with Crippen LogP contribution in [0.1, 0.15) is 6.92 Å². The Hall–Kier alpha value is -0.600. The zero-order chi connectivity index (χ0) is 24.6. The average Bonchev–Trinajstić information content (AvgIpc) is 2.79. The van der Waals surface area contributed by atoms with Crippen LogP contribution in [0.4, 0.5) is 0 Å². The van der Waals surface area contributed by atoms with Crippen LogP contribution in [0.3, 0.4) is 0 Å². The molecule has 3 aliphatic heterocycles. The molecule has 0 saturated carbocycles. The van der Waals surface area contributed by atoms with Gasteiger partial charge in [0.25, 0.3) is 0 Å². The maximum Gasteiger partial charge on any atom is 0.187 e. The first kappa shape index (κ1) is 27.0. The topological polar surface area (TPSA) is 248 Å². The third-order valence-corrected chi connectivity index (χ3v) is 6.05. The van der Waals surface area contributed by atoms with Crippen molar-refractivity contribution < 1.29 is 74.7 Å². The van der Waals surface area contributed by atoms with Crippen LogP contribution in [0, 0.1) is 0 Å². The van der Waals surface area contributed by atoms with Crippen molar-refractivity contribution in [2.45, 2.75) is 99.0 Å². The summed E-state index contributed by atoms with van der Waals surface area (Å²) in [6.07, 6.45) is -23.9. The lowest BCUT2D eigenvalue weighted by molar-refractivity contribution is -0.381. The van der Waals surface area contributed by atoms with Gasteiger partial charge < -0.3 is 74.7 Å².